The molecule has 2 heterocycles. The van der Waals surface area contributed by atoms with Crippen LogP contribution in [0.5, 0.6) is 0 Å². The fourth-order valence-corrected chi connectivity index (χ4v) is 3.60. The first-order valence-electron chi connectivity index (χ1n) is 8.16. The number of piperidine rings is 1. The number of halogens is 1. The van der Waals surface area contributed by atoms with E-state index in [0.29, 0.717) is 28.1 Å². The molecule has 1 amide bonds. The SMILES string of the molecule is CC1CCCCN1C(=O)CSc1ccc(-c2ccccc2F)nn1. The van der Waals surface area contributed by atoms with Crippen LogP contribution >= 0.6 is 11.8 Å². The van der Waals surface area contributed by atoms with Gasteiger partial charge in [0.15, 0.2) is 0 Å². The van der Waals surface area contributed by atoms with Gasteiger partial charge in [-0.1, -0.05) is 23.9 Å². The molecule has 0 aliphatic carbocycles. The van der Waals surface area contributed by atoms with E-state index in [0.717, 1.165) is 19.4 Å². The molecule has 0 bridgehead atoms. The molecule has 0 radical (unpaired) electrons. The van der Waals surface area contributed by atoms with Gasteiger partial charge in [-0.2, -0.15) is 0 Å². The Morgan fingerprint density at radius 3 is 2.79 bits per heavy atom. The molecule has 0 N–H and O–H groups in total. The highest BCUT2D eigenvalue weighted by Gasteiger charge is 2.23. The molecule has 24 heavy (non-hydrogen) atoms. The predicted molar refractivity (Wildman–Crippen MR) is 93.2 cm³/mol. The van der Waals surface area contributed by atoms with E-state index in [1.807, 2.05) is 4.90 Å². The molecule has 1 fully saturated rings. The molecule has 0 spiro atoms. The van der Waals surface area contributed by atoms with Gasteiger partial charge < -0.3 is 4.90 Å². The van der Waals surface area contributed by atoms with Gasteiger partial charge in [0.05, 0.1) is 11.4 Å². The molecular formula is C18H20FN3OS. The van der Waals surface area contributed by atoms with E-state index in [4.69, 9.17) is 0 Å². The van der Waals surface area contributed by atoms with Gasteiger partial charge in [0.1, 0.15) is 10.8 Å². The second-order valence-corrected chi connectivity index (χ2v) is 6.95. The number of benzene rings is 1. The normalized spacial score (nSPS) is 17.8. The third-order valence-electron chi connectivity index (χ3n) is 4.26. The lowest BCUT2D eigenvalue weighted by atomic mass is 10.0. The molecule has 0 saturated carbocycles. The van der Waals surface area contributed by atoms with Crippen LogP contribution in [0, 0.1) is 5.82 Å². The van der Waals surface area contributed by atoms with E-state index in [9.17, 15) is 9.18 Å². The summed E-state index contributed by atoms with van der Waals surface area (Å²) >= 11 is 1.37. The summed E-state index contributed by atoms with van der Waals surface area (Å²) in [5.41, 5.74) is 0.924. The zero-order chi connectivity index (χ0) is 16.9. The summed E-state index contributed by atoms with van der Waals surface area (Å²) in [6, 6.07) is 10.3. The summed E-state index contributed by atoms with van der Waals surface area (Å²) in [5, 5.41) is 8.86. The van der Waals surface area contributed by atoms with Crippen LogP contribution in [0.1, 0.15) is 26.2 Å². The average molecular weight is 345 g/mol. The molecule has 4 nitrogen and oxygen atoms in total. The van der Waals surface area contributed by atoms with Gasteiger partial charge >= 0.3 is 0 Å². The van der Waals surface area contributed by atoms with Crippen molar-refractivity contribution in [2.24, 2.45) is 0 Å². The van der Waals surface area contributed by atoms with Gasteiger partial charge in [0.25, 0.3) is 0 Å². The van der Waals surface area contributed by atoms with E-state index in [2.05, 4.69) is 17.1 Å². The number of hydrogen-bond donors (Lipinski definition) is 0. The van der Waals surface area contributed by atoms with E-state index >= 15 is 0 Å². The lowest BCUT2D eigenvalue weighted by Crippen LogP contribution is -2.42. The fraction of sp³-hybridized carbons (Fsp3) is 0.389. The van der Waals surface area contributed by atoms with Crippen molar-refractivity contribution in [2.75, 3.05) is 12.3 Å². The molecule has 1 aromatic heterocycles. The van der Waals surface area contributed by atoms with Crippen LogP contribution in [0.15, 0.2) is 41.4 Å². The van der Waals surface area contributed by atoms with Gasteiger partial charge in [0, 0.05) is 18.2 Å². The first-order valence-corrected chi connectivity index (χ1v) is 9.14. The molecule has 1 atom stereocenters. The van der Waals surface area contributed by atoms with E-state index in [1.54, 1.807) is 30.3 Å². The zero-order valence-corrected chi connectivity index (χ0v) is 14.4. The molecule has 1 aliphatic heterocycles. The first-order chi connectivity index (χ1) is 11.6. The number of hydrogen-bond acceptors (Lipinski definition) is 4. The molecule has 6 heteroatoms. The molecule has 126 valence electrons. The fourth-order valence-electron chi connectivity index (χ4n) is 2.90. The van der Waals surface area contributed by atoms with Crippen molar-refractivity contribution in [3.05, 3.63) is 42.2 Å². The summed E-state index contributed by atoms with van der Waals surface area (Å²) < 4.78 is 13.7. The van der Waals surface area contributed by atoms with Gasteiger partial charge in [-0.25, -0.2) is 4.39 Å². The summed E-state index contributed by atoms with van der Waals surface area (Å²) in [4.78, 5) is 14.3. The van der Waals surface area contributed by atoms with Crippen LogP contribution in [0.2, 0.25) is 0 Å². The Balaban J connectivity index is 1.60. The number of rotatable bonds is 4. The minimum atomic E-state index is -0.318. The first kappa shape index (κ1) is 16.9. The van der Waals surface area contributed by atoms with Crippen LogP contribution in [0.4, 0.5) is 4.39 Å². The lowest BCUT2D eigenvalue weighted by molar-refractivity contribution is -0.131. The van der Waals surface area contributed by atoms with Crippen molar-refractivity contribution in [1.82, 2.24) is 15.1 Å². The number of carbonyl (C=O) groups is 1. The largest absolute Gasteiger partial charge is 0.339 e. The summed E-state index contributed by atoms with van der Waals surface area (Å²) in [6.07, 6.45) is 3.35. The van der Waals surface area contributed by atoms with E-state index < -0.39 is 0 Å². The molecule has 1 aliphatic rings. The Labute approximate surface area is 145 Å². The van der Waals surface area contributed by atoms with Gasteiger partial charge in [0.2, 0.25) is 5.91 Å². The van der Waals surface area contributed by atoms with Crippen LogP contribution in [-0.2, 0) is 4.79 Å². The Morgan fingerprint density at radius 1 is 1.25 bits per heavy atom. The maximum absolute atomic E-state index is 13.7. The Hall–Kier alpha value is -1.95. The second kappa shape index (κ2) is 7.75. The minimum absolute atomic E-state index is 0.146. The number of aromatic nitrogens is 2. The minimum Gasteiger partial charge on any atom is -0.339 e. The zero-order valence-electron chi connectivity index (χ0n) is 13.6. The van der Waals surface area contributed by atoms with Gasteiger partial charge in [-0.05, 0) is 50.5 Å². The van der Waals surface area contributed by atoms with E-state index in [-0.39, 0.29) is 11.7 Å². The monoisotopic (exact) mass is 345 g/mol. The molecule has 1 aromatic carbocycles. The third kappa shape index (κ3) is 3.93. The molecule has 1 unspecified atom stereocenters. The maximum Gasteiger partial charge on any atom is 0.233 e. The smallest absolute Gasteiger partial charge is 0.233 e. The lowest BCUT2D eigenvalue weighted by Gasteiger charge is -2.33. The van der Waals surface area contributed by atoms with Gasteiger partial charge in [-0.15, -0.1) is 10.2 Å². The Bertz CT molecular complexity index is 708. The summed E-state index contributed by atoms with van der Waals surface area (Å²) in [7, 11) is 0. The topological polar surface area (TPSA) is 46.1 Å². The van der Waals surface area contributed by atoms with Crippen molar-refractivity contribution in [1.29, 1.82) is 0 Å². The van der Waals surface area contributed by atoms with Crippen LogP contribution < -0.4 is 0 Å². The number of carbonyl (C=O) groups excluding carboxylic acids is 1. The van der Waals surface area contributed by atoms with Crippen LogP contribution in [0.3, 0.4) is 0 Å². The standard InChI is InChI=1S/C18H20FN3OS/c1-13-6-4-5-11-22(13)18(23)12-24-17-10-9-16(20-21-17)14-7-2-3-8-15(14)19/h2-3,7-10,13H,4-6,11-12H2,1H3. The summed E-state index contributed by atoms with van der Waals surface area (Å²) in [5.74, 6) is 0.187. The molecule has 1 saturated heterocycles. The summed E-state index contributed by atoms with van der Waals surface area (Å²) in [6.45, 7) is 2.95. The van der Waals surface area contributed by atoms with Crippen LogP contribution in [0.25, 0.3) is 11.3 Å². The highest BCUT2D eigenvalue weighted by molar-refractivity contribution is 7.99. The molecule has 2 aromatic rings. The number of thioether (sulfide) groups is 1. The van der Waals surface area contributed by atoms with Gasteiger partial charge in [-0.3, -0.25) is 4.79 Å². The Kier molecular flexibility index (Phi) is 5.45. The van der Waals surface area contributed by atoms with Crippen molar-refractivity contribution in [3.8, 4) is 11.3 Å². The predicted octanol–water partition coefficient (Wildman–Crippen LogP) is 3.78. The number of likely N-dealkylation sites (tertiary alicyclic amines) is 1. The quantitative estimate of drug-likeness (QED) is 0.791. The van der Waals surface area contributed by atoms with Crippen LogP contribution in [-0.4, -0.2) is 39.3 Å². The number of amides is 1. The maximum atomic E-state index is 13.7. The Morgan fingerprint density at radius 2 is 2.08 bits per heavy atom. The second-order valence-electron chi connectivity index (χ2n) is 5.96. The van der Waals surface area contributed by atoms with Crippen molar-refractivity contribution < 1.29 is 9.18 Å². The molecule has 3 rings (SSSR count). The van der Waals surface area contributed by atoms with Crippen molar-refractivity contribution in [2.45, 2.75) is 37.3 Å². The highest BCUT2D eigenvalue weighted by Crippen LogP contribution is 2.23. The molecular weight excluding hydrogens is 325 g/mol. The van der Waals surface area contributed by atoms with Crippen molar-refractivity contribution in [3.63, 3.8) is 0 Å². The van der Waals surface area contributed by atoms with E-state index in [1.165, 1.54) is 24.2 Å². The third-order valence-corrected chi connectivity index (χ3v) is 5.16. The average Bonchev–Trinajstić information content (AvgIpc) is 2.61. The highest BCUT2D eigenvalue weighted by atomic mass is 32.2. The number of nitrogens with zero attached hydrogens (tertiary/aromatic N) is 3. The van der Waals surface area contributed by atoms with Crippen molar-refractivity contribution >= 4 is 17.7 Å².